The van der Waals surface area contributed by atoms with Crippen molar-refractivity contribution in [2.45, 2.75) is 219 Å². The molecule has 0 spiro atoms. The van der Waals surface area contributed by atoms with Gasteiger partial charge < -0.3 is 10.4 Å². The molecule has 0 heterocycles. The fourth-order valence-electron chi connectivity index (χ4n) is 6.53. The van der Waals surface area contributed by atoms with E-state index in [2.05, 4.69) is 79.9 Å². The van der Waals surface area contributed by atoms with E-state index >= 15 is 0 Å². The van der Waals surface area contributed by atoms with Crippen LogP contribution in [-0.2, 0) is 14.9 Å². The summed E-state index contributed by atoms with van der Waals surface area (Å²) in [5, 5.41) is 13.3. The van der Waals surface area contributed by atoms with E-state index in [4.69, 9.17) is 0 Å². The molecule has 0 bridgehead atoms. The number of rotatable bonds is 40. The second-order valence-corrected chi connectivity index (χ2v) is 16.8. The average molecular weight is 788 g/mol. The molecule has 0 aliphatic heterocycles. The lowest BCUT2D eigenvalue weighted by Crippen LogP contribution is -2.46. The Bertz CT molecular complexity index is 1140. The molecule has 6 nitrogen and oxygen atoms in total. The van der Waals surface area contributed by atoms with E-state index in [-0.39, 0.29) is 12.3 Å². The Morgan fingerprint density at radius 2 is 0.873 bits per heavy atom. The fraction of sp³-hybridized carbons (Fsp3) is 0.729. The van der Waals surface area contributed by atoms with Crippen molar-refractivity contribution < 1.29 is 22.9 Å². The van der Waals surface area contributed by atoms with Crippen molar-refractivity contribution >= 4 is 16.0 Å². The summed E-state index contributed by atoms with van der Waals surface area (Å²) in [5.74, 6) is -1.01. The molecule has 1 amide bonds. The number of hydrogen-bond donors (Lipinski definition) is 3. The van der Waals surface area contributed by atoms with Crippen molar-refractivity contribution in [2.24, 2.45) is 0 Å². The molecule has 7 heteroatoms. The molecule has 0 rings (SSSR count). The monoisotopic (exact) mass is 788 g/mol. The summed E-state index contributed by atoms with van der Waals surface area (Å²) in [5.41, 5.74) is 0. The van der Waals surface area contributed by atoms with E-state index in [1.807, 2.05) is 6.08 Å². The number of amides is 1. The van der Waals surface area contributed by atoms with Gasteiger partial charge in [0, 0.05) is 6.42 Å². The third kappa shape index (κ3) is 42.8. The largest absolute Gasteiger partial charge is 0.387 e. The van der Waals surface area contributed by atoms with E-state index in [1.54, 1.807) is 6.08 Å². The van der Waals surface area contributed by atoms with Crippen molar-refractivity contribution in [1.29, 1.82) is 0 Å². The van der Waals surface area contributed by atoms with E-state index in [1.165, 1.54) is 96.3 Å². The minimum Gasteiger partial charge on any atom is -0.387 e. The Labute approximate surface area is 340 Å². The zero-order chi connectivity index (χ0) is 40.3. The lowest BCUT2D eigenvalue weighted by Gasteiger charge is -2.21. The summed E-state index contributed by atoms with van der Waals surface area (Å²) in [6.07, 6.45) is 58.9. The Hall–Kier alpha value is -2.22. The molecule has 0 aromatic carbocycles. The van der Waals surface area contributed by atoms with Gasteiger partial charge in [-0.3, -0.25) is 9.35 Å². The molecule has 3 N–H and O–H groups in total. The second-order valence-electron chi connectivity index (χ2n) is 15.3. The highest BCUT2D eigenvalue weighted by molar-refractivity contribution is 7.85. The summed E-state index contributed by atoms with van der Waals surface area (Å²) < 4.78 is 32.6. The summed E-state index contributed by atoms with van der Waals surface area (Å²) in [7, 11) is -4.36. The Morgan fingerprint density at radius 1 is 0.509 bits per heavy atom. The van der Waals surface area contributed by atoms with E-state index < -0.39 is 28.0 Å². The topological polar surface area (TPSA) is 104 Å². The maximum atomic E-state index is 12.5. The van der Waals surface area contributed by atoms with Gasteiger partial charge in [0.05, 0.1) is 17.9 Å². The Balaban J connectivity index is 3.94. The third-order valence-corrected chi connectivity index (χ3v) is 10.7. The van der Waals surface area contributed by atoms with Crippen LogP contribution in [0, 0.1) is 0 Å². The van der Waals surface area contributed by atoms with Gasteiger partial charge in [0.25, 0.3) is 10.1 Å². The molecule has 0 aromatic rings. The number of unbranched alkanes of at least 4 members (excludes halogenated alkanes) is 22. The second kappa shape index (κ2) is 41.4. The standard InChI is InChI=1S/C48H85NO5S/c1-3-5-7-9-11-13-15-17-19-21-23-24-26-28-30-32-34-36-38-40-42-44-48(51)49-46(45-55(52,53)54)47(50)43-41-39-37-35-33-31-29-27-25-22-20-18-16-14-12-10-8-6-4-2/h5,7,11,13,17,19,23-24,28,30,41,43,46-47,50H,3-4,6,8-10,12,14-16,18,20-22,25-27,29,31-40,42,44-45H2,1-2H3,(H,49,51)(H,52,53,54)/b7-5-,13-11-,19-17-,24-23-,30-28-,43-41+. The SMILES string of the molecule is CC/C=C\C/C=C\C/C=C\C/C=C\C/C=C\CCCCCCCC(=O)NC(CS(=O)(=O)O)C(O)/C=C/CCCCCCCCCCCCCCCCCCC. The Morgan fingerprint density at radius 3 is 1.29 bits per heavy atom. The first-order valence-electron chi connectivity index (χ1n) is 22.6. The zero-order valence-electron chi connectivity index (χ0n) is 35.5. The van der Waals surface area contributed by atoms with Gasteiger partial charge in [0.1, 0.15) is 0 Å². The van der Waals surface area contributed by atoms with Gasteiger partial charge >= 0.3 is 0 Å². The van der Waals surface area contributed by atoms with Crippen LogP contribution in [0.1, 0.15) is 206 Å². The smallest absolute Gasteiger partial charge is 0.267 e. The van der Waals surface area contributed by atoms with Crippen LogP contribution >= 0.6 is 0 Å². The molecule has 0 saturated heterocycles. The van der Waals surface area contributed by atoms with Crippen molar-refractivity contribution in [1.82, 2.24) is 5.32 Å². The number of hydrogen-bond acceptors (Lipinski definition) is 4. The molecule has 0 saturated carbocycles. The molecule has 2 unspecified atom stereocenters. The van der Waals surface area contributed by atoms with Crippen molar-refractivity contribution in [3.05, 3.63) is 72.9 Å². The van der Waals surface area contributed by atoms with E-state index in [0.717, 1.165) is 83.5 Å². The number of carbonyl (C=O) groups is 1. The highest BCUT2D eigenvalue weighted by atomic mass is 32.2. The van der Waals surface area contributed by atoms with Crippen LogP contribution < -0.4 is 5.32 Å². The first-order valence-corrected chi connectivity index (χ1v) is 24.2. The highest BCUT2D eigenvalue weighted by Crippen LogP contribution is 2.15. The van der Waals surface area contributed by atoms with Crippen LogP contribution in [0.15, 0.2) is 72.9 Å². The van der Waals surface area contributed by atoms with Crippen molar-refractivity contribution in [3.8, 4) is 0 Å². The lowest BCUT2D eigenvalue weighted by atomic mass is 10.0. The van der Waals surface area contributed by atoms with Crippen LogP contribution in [0.2, 0.25) is 0 Å². The van der Waals surface area contributed by atoms with E-state index in [9.17, 15) is 22.9 Å². The van der Waals surface area contributed by atoms with Crippen LogP contribution in [0.3, 0.4) is 0 Å². The average Bonchev–Trinajstić information content (AvgIpc) is 3.15. The van der Waals surface area contributed by atoms with Gasteiger partial charge in [-0.2, -0.15) is 8.42 Å². The van der Waals surface area contributed by atoms with Crippen LogP contribution in [0.25, 0.3) is 0 Å². The molecular formula is C48H85NO5S. The maximum absolute atomic E-state index is 12.5. The zero-order valence-corrected chi connectivity index (χ0v) is 36.3. The van der Waals surface area contributed by atoms with Gasteiger partial charge in [-0.15, -0.1) is 0 Å². The predicted molar refractivity (Wildman–Crippen MR) is 239 cm³/mol. The van der Waals surface area contributed by atoms with Crippen LogP contribution in [0.4, 0.5) is 0 Å². The quantitative estimate of drug-likeness (QED) is 0.0326. The first-order chi connectivity index (χ1) is 26.8. The third-order valence-electron chi connectivity index (χ3n) is 9.89. The molecule has 0 radical (unpaired) electrons. The van der Waals surface area contributed by atoms with Gasteiger partial charge in [0.15, 0.2) is 0 Å². The van der Waals surface area contributed by atoms with Crippen LogP contribution in [0.5, 0.6) is 0 Å². The van der Waals surface area contributed by atoms with Crippen LogP contribution in [-0.4, -0.2) is 41.9 Å². The molecule has 318 valence electrons. The van der Waals surface area contributed by atoms with Crippen molar-refractivity contribution in [3.63, 3.8) is 0 Å². The Kier molecular flexibility index (Phi) is 39.7. The molecule has 0 aliphatic rings. The predicted octanol–water partition coefficient (Wildman–Crippen LogP) is 13.8. The van der Waals surface area contributed by atoms with Gasteiger partial charge in [-0.1, -0.05) is 209 Å². The number of aliphatic hydroxyl groups excluding tert-OH is 1. The molecular weight excluding hydrogens is 703 g/mol. The first kappa shape index (κ1) is 52.8. The van der Waals surface area contributed by atoms with Crippen molar-refractivity contribution in [2.75, 3.05) is 5.75 Å². The number of nitrogens with one attached hydrogen (secondary N) is 1. The van der Waals surface area contributed by atoms with Gasteiger partial charge in [-0.25, -0.2) is 0 Å². The number of carbonyl (C=O) groups excluding carboxylic acids is 1. The van der Waals surface area contributed by atoms with E-state index in [0.29, 0.717) is 6.42 Å². The minimum absolute atomic E-state index is 0.270. The lowest BCUT2D eigenvalue weighted by molar-refractivity contribution is -0.122. The van der Waals surface area contributed by atoms with Gasteiger partial charge in [-0.05, 0) is 64.2 Å². The molecule has 0 aromatic heterocycles. The number of allylic oxidation sites excluding steroid dienone is 11. The molecule has 55 heavy (non-hydrogen) atoms. The normalized spacial score (nSPS) is 13.9. The maximum Gasteiger partial charge on any atom is 0.267 e. The number of aliphatic hydroxyl groups is 1. The summed E-state index contributed by atoms with van der Waals surface area (Å²) in [6.45, 7) is 4.42. The summed E-state index contributed by atoms with van der Waals surface area (Å²) in [4.78, 5) is 12.5. The van der Waals surface area contributed by atoms with Gasteiger partial charge in [0.2, 0.25) is 5.91 Å². The fourth-order valence-corrected chi connectivity index (χ4v) is 7.27. The highest BCUT2D eigenvalue weighted by Gasteiger charge is 2.24. The minimum atomic E-state index is -4.36. The molecule has 0 fully saturated rings. The molecule has 0 aliphatic carbocycles. The summed E-state index contributed by atoms with van der Waals surface area (Å²) in [6, 6.07) is -1.07. The summed E-state index contributed by atoms with van der Waals surface area (Å²) >= 11 is 0. The molecule has 2 atom stereocenters.